The van der Waals surface area contributed by atoms with Crippen molar-refractivity contribution in [1.82, 2.24) is 5.32 Å². The summed E-state index contributed by atoms with van der Waals surface area (Å²) in [6.45, 7) is 4.83. The standard InChI is InChI=1S/C7H13Cl2N/c1-6(3-8)5-10-7(2)4-9/h3,7,10H,4-5H2,1-2H3. The highest BCUT2D eigenvalue weighted by molar-refractivity contribution is 6.25. The minimum absolute atomic E-state index is 0.355. The van der Waals surface area contributed by atoms with E-state index in [4.69, 9.17) is 23.2 Å². The number of nitrogens with one attached hydrogen (secondary N) is 1. The summed E-state index contributed by atoms with van der Waals surface area (Å²) in [7, 11) is 0. The highest BCUT2D eigenvalue weighted by Crippen LogP contribution is 1.94. The molecule has 0 aliphatic carbocycles. The van der Waals surface area contributed by atoms with Crippen LogP contribution in [0.2, 0.25) is 0 Å². The van der Waals surface area contributed by atoms with Crippen LogP contribution in [0.15, 0.2) is 11.1 Å². The van der Waals surface area contributed by atoms with Crippen molar-refractivity contribution >= 4 is 23.2 Å². The molecule has 0 amide bonds. The Kier molecular flexibility index (Phi) is 6.19. The number of hydrogen-bond acceptors (Lipinski definition) is 1. The quantitative estimate of drug-likeness (QED) is 0.658. The van der Waals surface area contributed by atoms with Gasteiger partial charge < -0.3 is 5.32 Å². The summed E-state index contributed by atoms with van der Waals surface area (Å²) in [5, 5.41) is 3.20. The van der Waals surface area contributed by atoms with Gasteiger partial charge in [-0.15, -0.1) is 11.6 Å². The minimum atomic E-state index is 0.355. The molecule has 60 valence electrons. The third-order valence-electron chi connectivity index (χ3n) is 1.15. The first-order chi connectivity index (χ1) is 4.70. The SMILES string of the molecule is CC(=CCl)CNC(C)CCl. The van der Waals surface area contributed by atoms with Crippen molar-refractivity contribution in [2.24, 2.45) is 0 Å². The summed E-state index contributed by atoms with van der Waals surface area (Å²) in [5.41, 5.74) is 2.70. The molecule has 0 aliphatic heterocycles. The molecule has 3 heteroatoms. The Labute approximate surface area is 72.4 Å². The van der Waals surface area contributed by atoms with Gasteiger partial charge in [-0.1, -0.05) is 11.6 Å². The normalized spacial score (nSPS) is 15.4. The maximum absolute atomic E-state index is 5.56. The first-order valence-electron chi connectivity index (χ1n) is 3.26. The summed E-state index contributed by atoms with van der Waals surface area (Å²) < 4.78 is 0. The summed E-state index contributed by atoms with van der Waals surface area (Å²) in [4.78, 5) is 0. The summed E-state index contributed by atoms with van der Waals surface area (Å²) in [6.07, 6.45) is 0. The lowest BCUT2D eigenvalue weighted by atomic mass is 10.3. The van der Waals surface area contributed by atoms with E-state index in [0.717, 1.165) is 12.1 Å². The predicted octanol–water partition coefficient (Wildman–Crippen LogP) is 2.35. The van der Waals surface area contributed by atoms with Gasteiger partial charge in [0.15, 0.2) is 0 Å². The van der Waals surface area contributed by atoms with Crippen molar-refractivity contribution in [1.29, 1.82) is 0 Å². The molecule has 0 rings (SSSR count). The molecule has 0 heterocycles. The second-order valence-electron chi connectivity index (χ2n) is 2.39. The molecule has 0 aromatic heterocycles. The van der Waals surface area contributed by atoms with Crippen LogP contribution in [0.5, 0.6) is 0 Å². The van der Waals surface area contributed by atoms with E-state index in [-0.39, 0.29) is 0 Å². The minimum Gasteiger partial charge on any atom is -0.309 e. The Bertz CT molecular complexity index is 112. The fourth-order valence-corrected chi connectivity index (χ4v) is 0.615. The summed E-state index contributed by atoms with van der Waals surface area (Å²) in [5.74, 6) is 0.634. The van der Waals surface area contributed by atoms with Gasteiger partial charge in [0.1, 0.15) is 0 Å². The number of halogens is 2. The van der Waals surface area contributed by atoms with Gasteiger partial charge in [0.05, 0.1) is 0 Å². The Morgan fingerprint density at radius 2 is 2.30 bits per heavy atom. The van der Waals surface area contributed by atoms with Crippen molar-refractivity contribution < 1.29 is 0 Å². The topological polar surface area (TPSA) is 12.0 Å². The van der Waals surface area contributed by atoms with E-state index in [9.17, 15) is 0 Å². The van der Waals surface area contributed by atoms with Crippen LogP contribution >= 0.6 is 23.2 Å². The van der Waals surface area contributed by atoms with Gasteiger partial charge in [-0.05, 0) is 19.4 Å². The Hall–Kier alpha value is 0.280. The molecular weight excluding hydrogens is 169 g/mol. The molecule has 0 aliphatic rings. The molecule has 10 heavy (non-hydrogen) atoms. The number of rotatable bonds is 4. The number of alkyl halides is 1. The van der Waals surface area contributed by atoms with Crippen LogP contribution in [-0.2, 0) is 0 Å². The molecule has 1 N–H and O–H groups in total. The van der Waals surface area contributed by atoms with Crippen LogP contribution in [0, 0.1) is 0 Å². The molecule has 0 saturated carbocycles. The first-order valence-corrected chi connectivity index (χ1v) is 4.23. The molecule has 1 nitrogen and oxygen atoms in total. The van der Waals surface area contributed by atoms with Gasteiger partial charge in [-0.2, -0.15) is 0 Å². The third-order valence-corrected chi connectivity index (χ3v) is 1.98. The van der Waals surface area contributed by atoms with Gasteiger partial charge >= 0.3 is 0 Å². The van der Waals surface area contributed by atoms with Crippen LogP contribution in [0.25, 0.3) is 0 Å². The van der Waals surface area contributed by atoms with Crippen molar-refractivity contribution in [2.75, 3.05) is 12.4 Å². The summed E-state index contributed by atoms with van der Waals surface area (Å²) in [6, 6.07) is 0.355. The largest absolute Gasteiger partial charge is 0.309 e. The van der Waals surface area contributed by atoms with Crippen molar-refractivity contribution in [3.63, 3.8) is 0 Å². The maximum atomic E-state index is 5.56. The van der Waals surface area contributed by atoms with E-state index in [1.54, 1.807) is 5.54 Å². The Balaban J connectivity index is 3.35. The Morgan fingerprint density at radius 1 is 1.70 bits per heavy atom. The first kappa shape index (κ1) is 10.3. The van der Waals surface area contributed by atoms with Gasteiger partial charge in [0, 0.05) is 24.0 Å². The molecule has 1 atom stereocenters. The number of hydrogen-bond donors (Lipinski definition) is 1. The lowest BCUT2D eigenvalue weighted by molar-refractivity contribution is 0.627. The van der Waals surface area contributed by atoms with E-state index < -0.39 is 0 Å². The smallest absolute Gasteiger partial charge is 0.0374 e. The van der Waals surface area contributed by atoms with Crippen LogP contribution in [0.3, 0.4) is 0 Å². The molecule has 1 unspecified atom stereocenters. The average Bonchev–Trinajstić information content (AvgIpc) is 1.99. The molecular formula is C7H13Cl2N. The van der Waals surface area contributed by atoms with Gasteiger partial charge in [-0.25, -0.2) is 0 Å². The zero-order chi connectivity index (χ0) is 7.98. The second kappa shape index (κ2) is 6.02. The molecule has 0 saturated heterocycles. The zero-order valence-corrected chi connectivity index (χ0v) is 7.84. The molecule has 0 radical (unpaired) electrons. The van der Waals surface area contributed by atoms with Crippen LogP contribution < -0.4 is 5.32 Å². The van der Waals surface area contributed by atoms with Crippen molar-refractivity contribution in [3.05, 3.63) is 11.1 Å². The van der Waals surface area contributed by atoms with Crippen molar-refractivity contribution in [2.45, 2.75) is 19.9 Å². The molecule has 0 aromatic rings. The molecule has 0 bridgehead atoms. The van der Waals surface area contributed by atoms with Crippen molar-refractivity contribution in [3.8, 4) is 0 Å². The fraction of sp³-hybridized carbons (Fsp3) is 0.714. The maximum Gasteiger partial charge on any atom is 0.0374 e. The monoisotopic (exact) mass is 181 g/mol. The lowest BCUT2D eigenvalue weighted by Gasteiger charge is -2.09. The summed E-state index contributed by atoms with van der Waals surface area (Å²) >= 11 is 11.0. The average molecular weight is 182 g/mol. The second-order valence-corrected chi connectivity index (χ2v) is 2.92. The van der Waals surface area contributed by atoms with E-state index in [0.29, 0.717) is 11.9 Å². The van der Waals surface area contributed by atoms with Gasteiger partial charge in [-0.3, -0.25) is 0 Å². The van der Waals surface area contributed by atoms with Crippen LogP contribution in [0.4, 0.5) is 0 Å². The predicted molar refractivity (Wildman–Crippen MR) is 47.8 cm³/mol. The lowest BCUT2D eigenvalue weighted by Crippen LogP contribution is -2.28. The van der Waals surface area contributed by atoms with E-state index >= 15 is 0 Å². The molecule has 0 aromatic carbocycles. The Morgan fingerprint density at radius 3 is 2.70 bits per heavy atom. The van der Waals surface area contributed by atoms with Crippen LogP contribution in [0.1, 0.15) is 13.8 Å². The highest BCUT2D eigenvalue weighted by atomic mass is 35.5. The van der Waals surface area contributed by atoms with E-state index in [1.165, 1.54) is 0 Å². The third kappa shape index (κ3) is 5.10. The molecule has 0 spiro atoms. The van der Waals surface area contributed by atoms with E-state index in [1.807, 2.05) is 13.8 Å². The fourth-order valence-electron chi connectivity index (χ4n) is 0.428. The van der Waals surface area contributed by atoms with Crippen LogP contribution in [-0.4, -0.2) is 18.5 Å². The zero-order valence-electron chi connectivity index (χ0n) is 6.32. The van der Waals surface area contributed by atoms with E-state index in [2.05, 4.69) is 5.32 Å². The highest BCUT2D eigenvalue weighted by Gasteiger charge is 1.96. The molecule has 0 fully saturated rings. The van der Waals surface area contributed by atoms with Gasteiger partial charge in [0.2, 0.25) is 0 Å². The van der Waals surface area contributed by atoms with Gasteiger partial charge in [0.25, 0.3) is 0 Å².